The summed E-state index contributed by atoms with van der Waals surface area (Å²) >= 11 is 6.26. The van der Waals surface area contributed by atoms with Crippen molar-refractivity contribution in [2.24, 2.45) is 0 Å². The second-order valence-corrected chi connectivity index (χ2v) is 5.69. The van der Waals surface area contributed by atoms with Crippen LogP contribution in [0.3, 0.4) is 0 Å². The maximum absolute atomic E-state index is 9.09. The van der Waals surface area contributed by atoms with Gasteiger partial charge in [-0.05, 0) is 37.1 Å². The van der Waals surface area contributed by atoms with E-state index in [-0.39, 0.29) is 6.61 Å². The summed E-state index contributed by atoms with van der Waals surface area (Å²) < 4.78 is 5.60. The van der Waals surface area contributed by atoms with Crippen LogP contribution in [-0.4, -0.2) is 16.0 Å². The van der Waals surface area contributed by atoms with Crippen LogP contribution >= 0.6 is 11.6 Å². The first kappa shape index (κ1) is 16.1. The highest BCUT2D eigenvalue weighted by Gasteiger charge is 2.16. The summed E-state index contributed by atoms with van der Waals surface area (Å²) in [5.41, 5.74) is 1.12. The lowest BCUT2D eigenvalue weighted by Crippen LogP contribution is -2.31. The Hall–Kier alpha value is -1.29. The number of nitrogens with zero attached hydrogens (tertiary/aromatic N) is 1. The van der Waals surface area contributed by atoms with Crippen molar-refractivity contribution >= 4 is 11.6 Å². The van der Waals surface area contributed by atoms with Crippen LogP contribution in [0.2, 0.25) is 5.02 Å². The molecule has 114 valence electrons. The highest BCUT2D eigenvalue weighted by molar-refractivity contribution is 6.31. The number of aliphatic hydroxyl groups is 1. The van der Waals surface area contributed by atoms with Crippen LogP contribution in [0.5, 0.6) is 0 Å². The zero-order valence-corrected chi connectivity index (χ0v) is 13.3. The molecule has 0 aliphatic carbocycles. The largest absolute Gasteiger partial charge is 0.462 e. The molecule has 0 amide bonds. The molecule has 0 aliphatic heterocycles. The van der Waals surface area contributed by atoms with Crippen molar-refractivity contribution in [1.29, 1.82) is 0 Å². The van der Waals surface area contributed by atoms with E-state index in [2.05, 4.69) is 24.8 Å². The summed E-state index contributed by atoms with van der Waals surface area (Å²) in [4.78, 5) is 2.33. The highest BCUT2D eigenvalue weighted by Crippen LogP contribution is 2.21. The van der Waals surface area contributed by atoms with Gasteiger partial charge in [0.15, 0.2) is 0 Å². The smallest absolute Gasteiger partial charge is 0.129 e. The molecule has 2 rings (SSSR count). The van der Waals surface area contributed by atoms with Crippen molar-refractivity contribution in [3.05, 3.63) is 58.5 Å². The van der Waals surface area contributed by atoms with E-state index in [1.54, 1.807) is 0 Å². The third-order valence-corrected chi connectivity index (χ3v) is 4.15. The monoisotopic (exact) mass is 307 g/mol. The molecule has 0 fully saturated rings. The fourth-order valence-electron chi connectivity index (χ4n) is 2.26. The van der Waals surface area contributed by atoms with Crippen molar-refractivity contribution in [2.45, 2.75) is 46.0 Å². The second-order valence-electron chi connectivity index (χ2n) is 5.28. The van der Waals surface area contributed by atoms with Crippen LogP contribution < -0.4 is 0 Å². The SMILES string of the molecule is CCC(C)N(Cc1ccc(CO)o1)Cc1ccccc1Cl. The predicted octanol–water partition coefficient (Wildman–Crippen LogP) is 4.23. The van der Waals surface area contributed by atoms with Crippen molar-refractivity contribution in [1.82, 2.24) is 4.90 Å². The fourth-order valence-corrected chi connectivity index (χ4v) is 2.46. The topological polar surface area (TPSA) is 36.6 Å². The average Bonchev–Trinajstić information content (AvgIpc) is 2.95. The van der Waals surface area contributed by atoms with Crippen LogP contribution in [0.4, 0.5) is 0 Å². The molecule has 0 bridgehead atoms. The fraction of sp³-hybridized carbons (Fsp3) is 0.412. The summed E-state index contributed by atoms with van der Waals surface area (Å²) in [6.45, 7) is 5.80. The van der Waals surface area contributed by atoms with Crippen molar-refractivity contribution < 1.29 is 9.52 Å². The van der Waals surface area contributed by atoms with Crippen LogP contribution in [0.25, 0.3) is 0 Å². The van der Waals surface area contributed by atoms with Gasteiger partial charge in [-0.2, -0.15) is 0 Å². The van der Waals surface area contributed by atoms with Gasteiger partial charge in [0.25, 0.3) is 0 Å². The van der Waals surface area contributed by atoms with E-state index in [1.165, 1.54) is 0 Å². The van der Waals surface area contributed by atoms with Gasteiger partial charge in [0, 0.05) is 17.6 Å². The molecule has 0 radical (unpaired) electrons. The van der Waals surface area contributed by atoms with Crippen LogP contribution in [-0.2, 0) is 19.7 Å². The Labute approximate surface area is 131 Å². The first-order valence-electron chi connectivity index (χ1n) is 7.30. The second kappa shape index (κ2) is 7.64. The minimum absolute atomic E-state index is 0.0617. The van der Waals surface area contributed by atoms with E-state index in [4.69, 9.17) is 21.1 Å². The molecule has 1 N–H and O–H groups in total. The first-order chi connectivity index (χ1) is 10.1. The molecule has 0 saturated heterocycles. The normalized spacial score (nSPS) is 12.8. The Morgan fingerprint density at radius 2 is 1.86 bits per heavy atom. The lowest BCUT2D eigenvalue weighted by molar-refractivity contribution is 0.166. The number of rotatable bonds is 7. The van der Waals surface area contributed by atoms with Gasteiger partial charge in [-0.25, -0.2) is 0 Å². The number of furan rings is 1. The van der Waals surface area contributed by atoms with Crippen LogP contribution in [0.15, 0.2) is 40.8 Å². The van der Waals surface area contributed by atoms with Crippen LogP contribution in [0, 0.1) is 0 Å². The van der Waals surface area contributed by atoms with Gasteiger partial charge in [0.2, 0.25) is 0 Å². The van der Waals surface area contributed by atoms with E-state index in [0.717, 1.165) is 29.3 Å². The van der Waals surface area contributed by atoms with Gasteiger partial charge in [0.05, 0.1) is 6.54 Å². The summed E-state index contributed by atoms with van der Waals surface area (Å²) in [5.74, 6) is 1.47. The Morgan fingerprint density at radius 1 is 1.14 bits per heavy atom. The zero-order valence-electron chi connectivity index (χ0n) is 12.6. The third-order valence-electron chi connectivity index (χ3n) is 3.78. The molecule has 3 nitrogen and oxygen atoms in total. The molecule has 4 heteroatoms. The lowest BCUT2D eigenvalue weighted by atomic mass is 10.1. The molecule has 0 saturated carbocycles. The lowest BCUT2D eigenvalue weighted by Gasteiger charge is -2.28. The van der Waals surface area contributed by atoms with E-state index in [0.29, 0.717) is 18.3 Å². The molecule has 1 atom stereocenters. The van der Waals surface area contributed by atoms with Crippen molar-refractivity contribution in [3.63, 3.8) is 0 Å². The Balaban J connectivity index is 2.13. The molecule has 2 aromatic rings. The van der Waals surface area contributed by atoms with Crippen molar-refractivity contribution in [2.75, 3.05) is 0 Å². The summed E-state index contributed by atoms with van der Waals surface area (Å²) in [7, 11) is 0. The summed E-state index contributed by atoms with van der Waals surface area (Å²) in [6.07, 6.45) is 1.05. The minimum atomic E-state index is -0.0617. The number of hydrogen-bond donors (Lipinski definition) is 1. The number of halogens is 1. The quantitative estimate of drug-likeness (QED) is 0.832. The zero-order chi connectivity index (χ0) is 15.2. The van der Waals surface area contributed by atoms with Gasteiger partial charge in [-0.1, -0.05) is 36.7 Å². The van der Waals surface area contributed by atoms with Gasteiger partial charge < -0.3 is 9.52 Å². The molecule has 0 spiro atoms. The summed E-state index contributed by atoms with van der Waals surface area (Å²) in [5, 5.41) is 9.88. The number of aliphatic hydroxyl groups excluding tert-OH is 1. The molecule has 1 aromatic heterocycles. The number of benzene rings is 1. The van der Waals surface area contributed by atoms with Gasteiger partial charge in [-0.15, -0.1) is 0 Å². The summed E-state index contributed by atoms with van der Waals surface area (Å²) in [6, 6.07) is 12.1. The molecular weight excluding hydrogens is 286 g/mol. The van der Waals surface area contributed by atoms with E-state index in [9.17, 15) is 0 Å². The molecule has 1 aromatic carbocycles. The highest BCUT2D eigenvalue weighted by atomic mass is 35.5. The first-order valence-corrected chi connectivity index (χ1v) is 7.67. The Bertz CT molecular complexity index is 567. The predicted molar refractivity (Wildman–Crippen MR) is 85.1 cm³/mol. The standard InChI is InChI=1S/C17H22ClNO2/c1-3-13(2)19(10-14-6-4-5-7-17(14)18)11-15-8-9-16(12-20)21-15/h4-9,13,20H,3,10-12H2,1-2H3. The molecule has 1 heterocycles. The molecular formula is C17H22ClNO2. The van der Waals surface area contributed by atoms with E-state index in [1.807, 2.05) is 30.3 Å². The maximum atomic E-state index is 9.09. The average molecular weight is 308 g/mol. The van der Waals surface area contributed by atoms with Gasteiger partial charge in [0.1, 0.15) is 18.1 Å². The maximum Gasteiger partial charge on any atom is 0.129 e. The van der Waals surface area contributed by atoms with Crippen LogP contribution in [0.1, 0.15) is 37.4 Å². The Kier molecular flexibility index (Phi) is 5.85. The van der Waals surface area contributed by atoms with Crippen molar-refractivity contribution in [3.8, 4) is 0 Å². The Morgan fingerprint density at radius 3 is 2.48 bits per heavy atom. The van der Waals surface area contributed by atoms with E-state index >= 15 is 0 Å². The van der Waals surface area contributed by atoms with Gasteiger partial charge >= 0.3 is 0 Å². The van der Waals surface area contributed by atoms with E-state index < -0.39 is 0 Å². The third kappa shape index (κ3) is 4.34. The molecule has 1 unspecified atom stereocenters. The van der Waals surface area contributed by atoms with Gasteiger partial charge in [-0.3, -0.25) is 4.90 Å². The number of hydrogen-bond acceptors (Lipinski definition) is 3. The molecule has 21 heavy (non-hydrogen) atoms. The molecule has 0 aliphatic rings. The minimum Gasteiger partial charge on any atom is -0.462 e.